The van der Waals surface area contributed by atoms with Crippen molar-refractivity contribution in [2.24, 2.45) is 0 Å². The Morgan fingerprint density at radius 3 is 2.94 bits per heavy atom. The summed E-state index contributed by atoms with van der Waals surface area (Å²) in [4.78, 5) is 8.68. The second-order valence-electron chi connectivity index (χ2n) is 8.11. The number of aryl methyl sites for hydroxylation is 1. The van der Waals surface area contributed by atoms with E-state index >= 15 is 0 Å². The van der Waals surface area contributed by atoms with E-state index in [4.69, 9.17) is 9.72 Å². The van der Waals surface area contributed by atoms with E-state index in [-0.39, 0.29) is 24.2 Å². The van der Waals surface area contributed by atoms with Crippen LogP contribution in [0.5, 0.6) is 5.75 Å². The molecule has 31 heavy (non-hydrogen) atoms. The van der Waals surface area contributed by atoms with Crippen LogP contribution in [0.25, 0.3) is 21.8 Å². The SMILES string of the molecule is COc1ccc(Cc2nc3c(c4c2[nH]c2ccccc24)CCCC3NCCO)cc1F. The number of aliphatic hydroxyl groups is 1. The van der Waals surface area contributed by atoms with Crippen molar-refractivity contribution in [2.75, 3.05) is 20.3 Å². The van der Waals surface area contributed by atoms with Crippen molar-refractivity contribution in [3.8, 4) is 5.75 Å². The molecule has 2 heterocycles. The molecule has 6 heteroatoms. The second kappa shape index (κ2) is 8.29. The number of H-pyrrole nitrogens is 1. The van der Waals surface area contributed by atoms with Gasteiger partial charge in [0.25, 0.3) is 0 Å². The van der Waals surface area contributed by atoms with Gasteiger partial charge in [-0.3, -0.25) is 4.98 Å². The Hall–Kier alpha value is -2.96. The number of rotatable bonds is 6. The maximum atomic E-state index is 14.3. The number of aliphatic hydroxyl groups excluding tert-OH is 1. The molecule has 0 aliphatic heterocycles. The van der Waals surface area contributed by atoms with E-state index in [9.17, 15) is 9.50 Å². The van der Waals surface area contributed by atoms with Crippen LogP contribution in [-0.4, -0.2) is 35.3 Å². The lowest BCUT2D eigenvalue weighted by Gasteiger charge is -2.27. The fourth-order valence-electron chi connectivity index (χ4n) is 4.81. The lowest BCUT2D eigenvalue weighted by Crippen LogP contribution is -2.29. The summed E-state index contributed by atoms with van der Waals surface area (Å²) in [6.07, 6.45) is 3.57. The van der Waals surface area contributed by atoms with Gasteiger partial charge in [0.05, 0.1) is 30.6 Å². The maximum absolute atomic E-state index is 14.3. The summed E-state index contributed by atoms with van der Waals surface area (Å²) in [6, 6.07) is 13.5. The average Bonchev–Trinajstić information content (AvgIpc) is 3.18. The molecule has 1 aliphatic rings. The highest BCUT2D eigenvalue weighted by molar-refractivity contribution is 6.10. The van der Waals surface area contributed by atoms with E-state index in [2.05, 4.69) is 28.5 Å². The first-order chi connectivity index (χ1) is 15.2. The van der Waals surface area contributed by atoms with Gasteiger partial charge in [-0.15, -0.1) is 0 Å². The Morgan fingerprint density at radius 1 is 1.26 bits per heavy atom. The van der Waals surface area contributed by atoms with Gasteiger partial charge < -0.3 is 20.1 Å². The molecule has 2 aromatic heterocycles. The summed E-state index contributed by atoms with van der Waals surface area (Å²) in [5.74, 6) is -0.125. The molecule has 0 amide bonds. The first kappa shape index (κ1) is 20.0. The molecule has 3 N–H and O–H groups in total. The number of fused-ring (bicyclic) bond motifs is 5. The lowest BCUT2D eigenvalue weighted by atomic mass is 9.88. The molecule has 0 saturated carbocycles. The number of aromatic amines is 1. The molecule has 0 fully saturated rings. The first-order valence-corrected chi connectivity index (χ1v) is 10.8. The Morgan fingerprint density at radius 2 is 2.13 bits per heavy atom. The second-order valence-corrected chi connectivity index (χ2v) is 8.11. The van der Waals surface area contributed by atoms with Crippen molar-refractivity contribution >= 4 is 21.8 Å². The Balaban J connectivity index is 1.69. The molecule has 1 unspecified atom stereocenters. The fraction of sp³-hybridized carbons (Fsp3) is 0.320. The number of halogens is 1. The van der Waals surface area contributed by atoms with Gasteiger partial charge >= 0.3 is 0 Å². The smallest absolute Gasteiger partial charge is 0.165 e. The molecule has 4 aromatic rings. The van der Waals surface area contributed by atoms with Crippen LogP contribution in [0.15, 0.2) is 42.5 Å². The van der Waals surface area contributed by atoms with Crippen molar-refractivity contribution in [1.82, 2.24) is 15.3 Å². The number of nitrogens with one attached hydrogen (secondary N) is 2. The minimum atomic E-state index is -0.367. The topological polar surface area (TPSA) is 70.2 Å². The third kappa shape index (κ3) is 3.56. The number of pyridine rings is 1. The van der Waals surface area contributed by atoms with Gasteiger partial charge in [0.1, 0.15) is 0 Å². The zero-order valence-electron chi connectivity index (χ0n) is 17.5. The monoisotopic (exact) mass is 419 g/mol. The summed E-state index contributed by atoms with van der Waals surface area (Å²) in [6.45, 7) is 0.635. The number of hydrogen-bond donors (Lipinski definition) is 3. The third-order valence-corrected chi connectivity index (χ3v) is 6.20. The van der Waals surface area contributed by atoms with Gasteiger partial charge in [-0.25, -0.2) is 4.39 Å². The van der Waals surface area contributed by atoms with Crippen LogP contribution in [0.4, 0.5) is 4.39 Å². The first-order valence-electron chi connectivity index (χ1n) is 10.8. The van der Waals surface area contributed by atoms with Gasteiger partial charge in [-0.1, -0.05) is 24.3 Å². The van der Waals surface area contributed by atoms with Crippen molar-refractivity contribution < 1.29 is 14.2 Å². The number of nitrogens with zero attached hydrogens (tertiary/aromatic N) is 1. The van der Waals surface area contributed by atoms with E-state index < -0.39 is 0 Å². The Labute approximate surface area is 180 Å². The Bertz CT molecular complexity index is 1250. The highest BCUT2D eigenvalue weighted by atomic mass is 19.1. The van der Waals surface area contributed by atoms with Crippen LogP contribution >= 0.6 is 0 Å². The predicted molar refractivity (Wildman–Crippen MR) is 120 cm³/mol. The Kier molecular flexibility index (Phi) is 5.34. The third-order valence-electron chi connectivity index (χ3n) is 6.20. The van der Waals surface area contributed by atoms with Crippen LogP contribution < -0.4 is 10.1 Å². The molecule has 1 atom stereocenters. The van der Waals surface area contributed by atoms with Gasteiger partial charge in [0.2, 0.25) is 0 Å². The van der Waals surface area contributed by atoms with E-state index in [0.717, 1.165) is 47.2 Å². The summed E-state index contributed by atoms with van der Waals surface area (Å²) >= 11 is 0. The molecule has 0 spiro atoms. The number of ether oxygens (including phenoxy) is 1. The normalized spacial score (nSPS) is 16.0. The highest BCUT2D eigenvalue weighted by Crippen LogP contribution is 2.38. The highest BCUT2D eigenvalue weighted by Gasteiger charge is 2.26. The summed E-state index contributed by atoms with van der Waals surface area (Å²) in [7, 11) is 1.47. The quantitative estimate of drug-likeness (QED) is 0.433. The summed E-state index contributed by atoms with van der Waals surface area (Å²) < 4.78 is 19.4. The van der Waals surface area contributed by atoms with Crippen LogP contribution in [-0.2, 0) is 12.8 Å². The van der Waals surface area contributed by atoms with Crippen LogP contribution in [0.3, 0.4) is 0 Å². The van der Waals surface area contributed by atoms with Gasteiger partial charge in [0.15, 0.2) is 11.6 Å². The van der Waals surface area contributed by atoms with Crippen LogP contribution in [0, 0.1) is 5.82 Å². The molecular formula is C25H26FN3O2. The molecule has 1 aliphatic carbocycles. The maximum Gasteiger partial charge on any atom is 0.165 e. The number of hydrogen-bond acceptors (Lipinski definition) is 4. The fourth-order valence-corrected chi connectivity index (χ4v) is 4.81. The molecule has 5 rings (SSSR count). The minimum absolute atomic E-state index is 0.0964. The molecule has 0 saturated heterocycles. The lowest BCUT2D eigenvalue weighted by molar-refractivity contribution is 0.279. The van der Waals surface area contributed by atoms with Crippen molar-refractivity contribution in [3.63, 3.8) is 0 Å². The molecule has 2 aromatic carbocycles. The molecule has 0 bridgehead atoms. The zero-order valence-corrected chi connectivity index (χ0v) is 17.5. The van der Waals surface area contributed by atoms with E-state index in [0.29, 0.717) is 13.0 Å². The molecule has 0 radical (unpaired) electrons. The molecular weight excluding hydrogens is 393 g/mol. The number of para-hydroxylation sites is 1. The van der Waals surface area contributed by atoms with Gasteiger partial charge in [-0.2, -0.15) is 0 Å². The largest absolute Gasteiger partial charge is 0.494 e. The van der Waals surface area contributed by atoms with Crippen molar-refractivity contribution in [3.05, 3.63) is 70.8 Å². The number of benzene rings is 2. The minimum Gasteiger partial charge on any atom is -0.494 e. The standard InChI is InChI=1S/C25H26FN3O2/c1-31-22-10-9-15(13-18(22)26)14-21-25-23(16-5-2-3-7-19(16)28-25)17-6-4-8-20(24(17)29-21)27-11-12-30/h2-3,5,7,9-10,13,20,27-28,30H,4,6,8,11-12,14H2,1H3. The van der Waals surface area contributed by atoms with Crippen molar-refractivity contribution in [1.29, 1.82) is 0 Å². The number of methoxy groups -OCH3 is 1. The molecule has 160 valence electrons. The summed E-state index contributed by atoms with van der Waals surface area (Å²) in [5.41, 5.74) is 6.20. The number of aromatic nitrogens is 2. The summed E-state index contributed by atoms with van der Waals surface area (Å²) in [5, 5.41) is 15.2. The van der Waals surface area contributed by atoms with E-state index in [1.54, 1.807) is 6.07 Å². The van der Waals surface area contributed by atoms with Crippen LogP contribution in [0.2, 0.25) is 0 Å². The zero-order chi connectivity index (χ0) is 21.4. The van der Waals surface area contributed by atoms with Crippen molar-refractivity contribution in [2.45, 2.75) is 31.7 Å². The van der Waals surface area contributed by atoms with Gasteiger partial charge in [0, 0.05) is 35.3 Å². The average molecular weight is 420 g/mol. The van der Waals surface area contributed by atoms with E-state index in [1.807, 2.05) is 12.1 Å². The van der Waals surface area contributed by atoms with E-state index in [1.165, 1.54) is 29.5 Å². The van der Waals surface area contributed by atoms with Crippen LogP contribution in [0.1, 0.15) is 41.4 Å². The predicted octanol–water partition coefficient (Wildman–Crippen LogP) is 4.41. The van der Waals surface area contributed by atoms with Gasteiger partial charge in [-0.05, 0) is 48.6 Å². The molecule has 5 nitrogen and oxygen atoms in total.